The molecule has 2 aliphatic rings. The van der Waals surface area contributed by atoms with Crippen LogP contribution in [0.5, 0.6) is 0 Å². The summed E-state index contributed by atoms with van der Waals surface area (Å²) in [6.45, 7) is 0.934. The molecule has 0 saturated carbocycles. The highest BCUT2D eigenvalue weighted by molar-refractivity contribution is 5.91. The summed E-state index contributed by atoms with van der Waals surface area (Å²) in [6.07, 6.45) is 3.34. The minimum atomic E-state index is -0.198. The standard InChI is InChI=1S/C14H15NO3/c16-14(13-9-17-7-8-18-13)15-12-6-5-10-3-1-2-4-11(10)12/h1-4,9,12H,5-8H2,(H,15,16). The molecule has 1 N–H and O–H groups in total. The predicted octanol–water partition coefficient (Wildman–Crippen LogP) is 1.68. The molecule has 1 heterocycles. The van der Waals surface area contributed by atoms with Crippen molar-refractivity contribution in [3.63, 3.8) is 0 Å². The van der Waals surface area contributed by atoms with Gasteiger partial charge in [0.15, 0.2) is 0 Å². The van der Waals surface area contributed by atoms with E-state index < -0.39 is 0 Å². The van der Waals surface area contributed by atoms with E-state index in [4.69, 9.17) is 9.47 Å². The van der Waals surface area contributed by atoms with Crippen LogP contribution < -0.4 is 5.32 Å². The maximum absolute atomic E-state index is 12.0. The van der Waals surface area contributed by atoms with Crippen LogP contribution in [0.4, 0.5) is 0 Å². The summed E-state index contributed by atoms with van der Waals surface area (Å²) in [7, 11) is 0. The number of carbonyl (C=O) groups excluding carboxylic acids is 1. The van der Waals surface area contributed by atoms with Gasteiger partial charge in [-0.25, -0.2) is 0 Å². The molecule has 1 amide bonds. The van der Waals surface area contributed by atoms with Crippen molar-refractivity contribution in [1.82, 2.24) is 5.32 Å². The highest BCUT2D eigenvalue weighted by atomic mass is 16.6. The van der Waals surface area contributed by atoms with Crippen LogP contribution in [0, 0.1) is 0 Å². The van der Waals surface area contributed by atoms with Crippen molar-refractivity contribution in [2.45, 2.75) is 18.9 Å². The molecule has 3 rings (SSSR count). The van der Waals surface area contributed by atoms with E-state index in [2.05, 4.69) is 17.4 Å². The molecule has 4 heteroatoms. The van der Waals surface area contributed by atoms with E-state index >= 15 is 0 Å². The molecule has 1 aliphatic heterocycles. The largest absolute Gasteiger partial charge is 0.494 e. The van der Waals surface area contributed by atoms with Gasteiger partial charge in [0.25, 0.3) is 5.91 Å². The molecule has 0 fully saturated rings. The van der Waals surface area contributed by atoms with E-state index in [0.29, 0.717) is 13.2 Å². The quantitative estimate of drug-likeness (QED) is 0.862. The lowest BCUT2D eigenvalue weighted by molar-refractivity contribution is -0.123. The molecule has 0 aromatic heterocycles. The molecule has 1 unspecified atom stereocenters. The lowest BCUT2D eigenvalue weighted by Crippen LogP contribution is -2.31. The Kier molecular flexibility index (Phi) is 2.92. The molecule has 0 spiro atoms. The first kappa shape index (κ1) is 11.1. The van der Waals surface area contributed by atoms with E-state index in [1.54, 1.807) is 0 Å². The Morgan fingerprint density at radius 2 is 2.17 bits per heavy atom. The average molecular weight is 245 g/mol. The van der Waals surface area contributed by atoms with Gasteiger partial charge in [-0.2, -0.15) is 0 Å². The lowest BCUT2D eigenvalue weighted by Gasteiger charge is -2.18. The average Bonchev–Trinajstić information content (AvgIpc) is 2.83. The first-order valence-corrected chi connectivity index (χ1v) is 6.18. The molecule has 94 valence electrons. The van der Waals surface area contributed by atoms with Crippen LogP contribution in [0.15, 0.2) is 36.3 Å². The smallest absolute Gasteiger partial charge is 0.290 e. The maximum Gasteiger partial charge on any atom is 0.290 e. The summed E-state index contributed by atoms with van der Waals surface area (Å²) in [4.78, 5) is 12.0. The van der Waals surface area contributed by atoms with Crippen LogP contribution in [0.2, 0.25) is 0 Å². The molecule has 18 heavy (non-hydrogen) atoms. The topological polar surface area (TPSA) is 47.6 Å². The second-order valence-corrected chi connectivity index (χ2v) is 4.46. The van der Waals surface area contributed by atoms with Crippen molar-refractivity contribution >= 4 is 5.91 Å². The molecular weight excluding hydrogens is 230 g/mol. The number of aryl methyl sites for hydroxylation is 1. The van der Waals surface area contributed by atoms with Crippen LogP contribution in [0.3, 0.4) is 0 Å². The van der Waals surface area contributed by atoms with Crippen LogP contribution in [-0.2, 0) is 20.7 Å². The van der Waals surface area contributed by atoms with Crippen molar-refractivity contribution in [1.29, 1.82) is 0 Å². The molecule has 0 radical (unpaired) electrons. The Hall–Kier alpha value is -1.97. The number of nitrogens with one attached hydrogen (secondary N) is 1. The van der Waals surface area contributed by atoms with Crippen LogP contribution in [0.1, 0.15) is 23.6 Å². The molecule has 4 nitrogen and oxygen atoms in total. The third-order valence-corrected chi connectivity index (χ3v) is 3.31. The Bertz CT molecular complexity index is 496. The van der Waals surface area contributed by atoms with Gasteiger partial charge in [-0.1, -0.05) is 24.3 Å². The predicted molar refractivity (Wildman–Crippen MR) is 65.6 cm³/mol. The normalized spacial score (nSPS) is 21.3. The Morgan fingerprint density at radius 3 is 3.00 bits per heavy atom. The number of hydrogen-bond donors (Lipinski definition) is 1. The number of ether oxygens (including phenoxy) is 2. The lowest BCUT2D eigenvalue weighted by atomic mass is 10.1. The minimum Gasteiger partial charge on any atom is -0.494 e. The molecule has 0 saturated heterocycles. The van der Waals surface area contributed by atoms with Gasteiger partial charge in [0.05, 0.1) is 6.04 Å². The summed E-state index contributed by atoms with van der Waals surface area (Å²) in [5.74, 6) is 0.0713. The molecule has 1 atom stereocenters. The zero-order valence-electron chi connectivity index (χ0n) is 10.0. The first-order valence-electron chi connectivity index (χ1n) is 6.18. The van der Waals surface area contributed by atoms with Gasteiger partial charge in [0, 0.05) is 0 Å². The maximum atomic E-state index is 12.0. The Labute approximate surface area is 106 Å². The van der Waals surface area contributed by atoms with E-state index in [1.165, 1.54) is 17.4 Å². The monoisotopic (exact) mass is 245 g/mol. The number of amides is 1. The minimum absolute atomic E-state index is 0.0835. The molecule has 1 aromatic carbocycles. The summed E-state index contributed by atoms with van der Waals surface area (Å²) < 4.78 is 10.4. The fourth-order valence-electron chi connectivity index (χ4n) is 2.42. The zero-order valence-corrected chi connectivity index (χ0v) is 10.0. The van der Waals surface area contributed by atoms with Crippen molar-refractivity contribution in [2.24, 2.45) is 0 Å². The van der Waals surface area contributed by atoms with E-state index in [-0.39, 0.29) is 17.7 Å². The molecular formula is C14H15NO3. The van der Waals surface area contributed by atoms with Gasteiger partial charge < -0.3 is 14.8 Å². The first-order chi connectivity index (χ1) is 8.84. The van der Waals surface area contributed by atoms with Gasteiger partial charge in [-0.05, 0) is 24.0 Å². The van der Waals surface area contributed by atoms with Gasteiger partial charge in [0.2, 0.25) is 5.76 Å². The van der Waals surface area contributed by atoms with Gasteiger partial charge in [-0.3, -0.25) is 4.79 Å². The van der Waals surface area contributed by atoms with Crippen molar-refractivity contribution < 1.29 is 14.3 Å². The van der Waals surface area contributed by atoms with Crippen LogP contribution in [-0.4, -0.2) is 19.1 Å². The third kappa shape index (κ3) is 2.06. The van der Waals surface area contributed by atoms with Crippen molar-refractivity contribution in [2.75, 3.05) is 13.2 Å². The van der Waals surface area contributed by atoms with E-state index in [0.717, 1.165) is 12.8 Å². The second-order valence-electron chi connectivity index (χ2n) is 4.46. The summed E-state index contributed by atoms with van der Waals surface area (Å²) in [6, 6.07) is 8.30. The Morgan fingerprint density at radius 1 is 1.28 bits per heavy atom. The summed E-state index contributed by atoms with van der Waals surface area (Å²) >= 11 is 0. The third-order valence-electron chi connectivity index (χ3n) is 3.31. The second kappa shape index (κ2) is 4.72. The van der Waals surface area contributed by atoms with Crippen LogP contribution >= 0.6 is 0 Å². The zero-order chi connectivity index (χ0) is 12.4. The fourth-order valence-corrected chi connectivity index (χ4v) is 2.42. The van der Waals surface area contributed by atoms with E-state index in [1.807, 2.05) is 12.1 Å². The van der Waals surface area contributed by atoms with Gasteiger partial charge in [-0.15, -0.1) is 0 Å². The number of rotatable bonds is 2. The molecule has 1 aromatic rings. The highest BCUT2D eigenvalue weighted by Gasteiger charge is 2.25. The number of fused-ring (bicyclic) bond motifs is 1. The van der Waals surface area contributed by atoms with Gasteiger partial charge >= 0.3 is 0 Å². The molecule has 1 aliphatic carbocycles. The van der Waals surface area contributed by atoms with Gasteiger partial charge in [0.1, 0.15) is 19.5 Å². The van der Waals surface area contributed by atoms with Crippen molar-refractivity contribution in [3.05, 3.63) is 47.4 Å². The highest BCUT2D eigenvalue weighted by Crippen LogP contribution is 2.30. The SMILES string of the molecule is O=C(NC1CCc2ccccc21)C1=COCCO1. The fraction of sp³-hybridized carbons (Fsp3) is 0.357. The number of hydrogen-bond acceptors (Lipinski definition) is 3. The molecule has 0 bridgehead atoms. The van der Waals surface area contributed by atoms with Crippen LogP contribution in [0.25, 0.3) is 0 Å². The number of carbonyl (C=O) groups is 1. The number of benzene rings is 1. The Balaban J connectivity index is 1.71. The van der Waals surface area contributed by atoms with E-state index in [9.17, 15) is 4.79 Å². The summed E-state index contributed by atoms with van der Waals surface area (Å²) in [5.41, 5.74) is 2.53. The summed E-state index contributed by atoms with van der Waals surface area (Å²) in [5, 5.41) is 2.99. The van der Waals surface area contributed by atoms with Crippen molar-refractivity contribution in [3.8, 4) is 0 Å².